The van der Waals surface area contributed by atoms with E-state index in [1.807, 2.05) is 0 Å². The average Bonchev–Trinajstić information content (AvgIpc) is 3.06. The Bertz CT molecular complexity index is 564. The normalized spacial score (nSPS) is 15.4. The Morgan fingerprint density at radius 3 is 2.63 bits per heavy atom. The fraction of sp³-hybridized carbons (Fsp3) is 0.455. The van der Waals surface area contributed by atoms with Crippen LogP contribution in [0.1, 0.15) is 18.4 Å². The molecule has 1 aromatic rings. The van der Waals surface area contributed by atoms with Crippen LogP contribution >= 0.6 is 11.6 Å². The number of amides is 1. The number of hydrogen-bond donors (Lipinski definition) is 1. The monoisotopic (exact) mass is 294 g/mol. The van der Waals surface area contributed by atoms with Gasteiger partial charge in [-0.15, -0.1) is 0 Å². The van der Waals surface area contributed by atoms with Crippen LogP contribution in [0, 0.1) is 0 Å². The third kappa shape index (κ3) is 3.50. The number of nitrogens with zero attached hydrogens (tertiary/aromatic N) is 1. The minimum atomic E-state index is -4.62. The number of hydrogen-bond acceptors (Lipinski definition) is 2. The molecule has 0 aromatic carbocycles. The summed E-state index contributed by atoms with van der Waals surface area (Å²) < 4.78 is 38.4. The molecule has 1 fully saturated rings. The summed E-state index contributed by atoms with van der Waals surface area (Å²) in [6.07, 6.45) is -2.32. The van der Waals surface area contributed by atoms with E-state index in [1.165, 1.54) is 0 Å². The summed E-state index contributed by atoms with van der Waals surface area (Å²) in [5.41, 5.74) is -1.88. The van der Waals surface area contributed by atoms with Crippen LogP contribution in [0.4, 0.5) is 13.2 Å². The predicted molar refractivity (Wildman–Crippen MR) is 61.9 cm³/mol. The van der Waals surface area contributed by atoms with Crippen molar-refractivity contribution >= 4 is 17.5 Å². The number of nitrogens with one attached hydrogen (secondary N) is 1. The first-order chi connectivity index (χ1) is 8.77. The summed E-state index contributed by atoms with van der Waals surface area (Å²) in [5.74, 6) is -0.500. The summed E-state index contributed by atoms with van der Waals surface area (Å²) in [5, 5.41) is 2.02. The molecule has 0 radical (unpaired) electrons. The summed E-state index contributed by atoms with van der Waals surface area (Å²) in [6, 6.07) is 0.628. The second kappa shape index (κ2) is 4.88. The van der Waals surface area contributed by atoms with Gasteiger partial charge in [0, 0.05) is 12.2 Å². The van der Waals surface area contributed by atoms with Crippen LogP contribution in [0.25, 0.3) is 0 Å². The minimum absolute atomic E-state index is 0.0736. The lowest BCUT2D eigenvalue weighted by molar-refractivity contribution is -0.138. The molecule has 1 amide bonds. The molecule has 1 aliphatic carbocycles. The standard InChI is InChI=1S/C11H10ClF3N2O2/c12-8-3-6(11(13,14)15)4-17(10(8)19)5-9(18)16-7-1-2-7/h3-4,7H,1-2,5H2,(H,16,18). The van der Waals surface area contributed by atoms with E-state index in [0.717, 1.165) is 12.8 Å². The molecule has 1 heterocycles. The van der Waals surface area contributed by atoms with Crippen molar-refractivity contribution in [3.8, 4) is 0 Å². The van der Waals surface area contributed by atoms with Crippen molar-refractivity contribution in [3.63, 3.8) is 0 Å². The molecule has 0 atom stereocenters. The van der Waals surface area contributed by atoms with E-state index in [0.29, 0.717) is 16.8 Å². The van der Waals surface area contributed by atoms with Crippen LogP contribution in [0.2, 0.25) is 5.02 Å². The number of carbonyl (C=O) groups is 1. The molecule has 0 bridgehead atoms. The quantitative estimate of drug-likeness (QED) is 0.924. The summed E-state index contributed by atoms with van der Waals surface area (Å²) in [6.45, 7) is -0.473. The van der Waals surface area contributed by atoms with Gasteiger partial charge in [0.1, 0.15) is 11.6 Å². The van der Waals surface area contributed by atoms with E-state index in [9.17, 15) is 22.8 Å². The third-order valence-electron chi connectivity index (χ3n) is 2.63. The number of carbonyl (C=O) groups excluding carboxylic acids is 1. The zero-order valence-corrected chi connectivity index (χ0v) is 10.4. The van der Waals surface area contributed by atoms with Crippen molar-refractivity contribution in [2.24, 2.45) is 0 Å². The maximum Gasteiger partial charge on any atom is 0.417 e. The first-order valence-corrected chi connectivity index (χ1v) is 5.91. The van der Waals surface area contributed by atoms with E-state index in [-0.39, 0.29) is 6.04 Å². The Kier molecular flexibility index (Phi) is 3.58. The van der Waals surface area contributed by atoms with Gasteiger partial charge in [0.25, 0.3) is 5.56 Å². The van der Waals surface area contributed by atoms with Crippen molar-refractivity contribution < 1.29 is 18.0 Å². The van der Waals surface area contributed by atoms with E-state index < -0.39 is 34.8 Å². The Labute approximate surface area is 111 Å². The molecule has 0 unspecified atom stereocenters. The molecule has 1 N–H and O–H groups in total. The molecule has 4 nitrogen and oxygen atoms in total. The fourth-order valence-electron chi connectivity index (χ4n) is 1.53. The molecular weight excluding hydrogens is 285 g/mol. The van der Waals surface area contributed by atoms with Crippen LogP contribution < -0.4 is 10.9 Å². The Balaban J connectivity index is 2.25. The van der Waals surface area contributed by atoms with Gasteiger partial charge in [-0.1, -0.05) is 11.6 Å². The molecule has 0 aliphatic heterocycles. The second-order valence-corrected chi connectivity index (χ2v) is 4.76. The van der Waals surface area contributed by atoms with Crippen molar-refractivity contribution in [1.82, 2.24) is 9.88 Å². The largest absolute Gasteiger partial charge is 0.417 e. The molecule has 0 saturated heterocycles. The van der Waals surface area contributed by atoms with Gasteiger partial charge in [-0.3, -0.25) is 9.59 Å². The zero-order valence-electron chi connectivity index (χ0n) is 9.63. The number of rotatable bonds is 3. The van der Waals surface area contributed by atoms with Crippen LogP contribution in [-0.4, -0.2) is 16.5 Å². The maximum atomic E-state index is 12.6. The molecular formula is C11H10ClF3N2O2. The lowest BCUT2D eigenvalue weighted by Gasteiger charge is -2.11. The van der Waals surface area contributed by atoms with Crippen molar-refractivity contribution in [2.45, 2.75) is 31.6 Å². The predicted octanol–water partition coefficient (Wildman–Crippen LogP) is 1.80. The molecule has 1 aliphatic rings. The summed E-state index contributed by atoms with van der Waals surface area (Å²) >= 11 is 5.46. The van der Waals surface area contributed by atoms with Gasteiger partial charge < -0.3 is 9.88 Å². The molecule has 1 aromatic heterocycles. The van der Waals surface area contributed by atoms with Gasteiger partial charge in [0.15, 0.2) is 0 Å². The van der Waals surface area contributed by atoms with Crippen molar-refractivity contribution in [3.05, 3.63) is 33.2 Å². The van der Waals surface area contributed by atoms with Crippen molar-refractivity contribution in [2.75, 3.05) is 0 Å². The number of aromatic nitrogens is 1. The van der Waals surface area contributed by atoms with Crippen LogP contribution in [-0.2, 0) is 17.5 Å². The molecule has 2 rings (SSSR count). The van der Waals surface area contributed by atoms with E-state index in [4.69, 9.17) is 11.6 Å². The zero-order chi connectivity index (χ0) is 14.2. The fourth-order valence-corrected chi connectivity index (χ4v) is 1.75. The highest BCUT2D eigenvalue weighted by Crippen LogP contribution is 2.29. The van der Waals surface area contributed by atoms with Gasteiger partial charge in [-0.05, 0) is 18.9 Å². The lowest BCUT2D eigenvalue weighted by Crippen LogP contribution is -2.34. The highest BCUT2D eigenvalue weighted by atomic mass is 35.5. The molecule has 19 heavy (non-hydrogen) atoms. The summed E-state index contributed by atoms with van der Waals surface area (Å²) in [4.78, 5) is 23.1. The Morgan fingerprint density at radius 1 is 1.47 bits per heavy atom. The average molecular weight is 295 g/mol. The van der Waals surface area contributed by atoms with Crippen molar-refractivity contribution in [1.29, 1.82) is 0 Å². The minimum Gasteiger partial charge on any atom is -0.352 e. The van der Waals surface area contributed by atoms with Gasteiger partial charge in [-0.25, -0.2) is 0 Å². The van der Waals surface area contributed by atoms with Crippen LogP contribution in [0.15, 0.2) is 17.1 Å². The molecule has 104 valence electrons. The molecule has 1 saturated carbocycles. The number of halogens is 4. The third-order valence-corrected chi connectivity index (χ3v) is 2.90. The summed E-state index contributed by atoms with van der Waals surface area (Å²) in [7, 11) is 0. The Hall–Kier alpha value is -1.50. The van der Waals surface area contributed by atoms with E-state index in [1.54, 1.807) is 0 Å². The van der Waals surface area contributed by atoms with E-state index in [2.05, 4.69) is 5.32 Å². The van der Waals surface area contributed by atoms with Crippen LogP contribution in [0.3, 0.4) is 0 Å². The number of alkyl halides is 3. The van der Waals surface area contributed by atoms with Gasteiger partial charge in [0.05, 0.1) is 5.56 Å². The first kappa shape index (κ1) is 13.9. The lowest BCUT2D eigenvalue weighted by atomic mass is 10.2. The first-order valence-electron chi connectivity index (χ1n) is 5.54. The van der Waals surface area contributed by atoms with E-state index >= 15 is 0 Å². The van der Waals surface area contributed by atoms with Gasteiger partial charge >= 0.3 is 6.18 Å². The highest BCUT2D eigenvalue weighted by Gasteiger charge is 2.32. The van der Waals surface area contributed by atoms with Gasteiger partial charge in [-0.2, -0.15) is 13.2 Å². The smallest absolute Gasteiger partial charge is 0.352 e. The van der Waals surface area contributed by atoms with Gasteiger partial charge in [0.2, 0.25) is 5.91 Å². The molecule has 8 heteroatoms. The topological polar surface area (TPSA) is 51.1 Å². The molecule has 0 spiro atoms. The maximum absolute atomic E-state index is 12.6. The highest BCUT2D eigenvalue weighted by molar-refractivity contribution is 6.30. The number of pyridine rings is 1. The Morgan fingerprint density at radius 2 is 2.11 bits per heavy atom. The van der Waals surface area contributed by atoms with Crippen LogP contribution in [0.5, 0.6) is 0 Å². The SMILES string of the molecule is O=C(Cn1cc(C(F)(F)F)cc(Cl)c1=O)NC1CC1. The second-order valence-electron chi connectivity index (χ2n) is 4.35.